The second-order valence-corrected chi connectivity index (χ2v) is 3.25. The van der Waals surface area contributed by atoms with Crippen molar-refractivity contribution in [3.05, 3.63) is 0 Å². The van der Waals surface area contributed by atoms with Gasteiger partial charge in [-0.05, 0) is 19.8 Å². The van der Waals surface area contributed by atoms with Gasteiger partial charge in [-0.2, -0.15) is 0 Å². The van der Waals surface area contributed by atoms with E-state index in [1.165, 1.54) is 0 Å². The first-order chi connectivity index (χ1) is 6.29. The maximum atomic E-state index is 11.3. The average Bonchev–Trinajstić information content (AvgIpc) is 2.61. The fourth-order valence-electron chi connectivity index (χ4n) is 1.71. The van der Waals surface area contributed by atoms with Crippen molar-refractivity contribution in [1.82, 2.24) is 4.90 Å². The van der Waals surface area contributed by atoms with Gasteiger partial charge in [0.05, 0.1) is 19.2 Å². The lowest BCUT2D eigenvalue weighted by atomic mass is 10.2. The first kappa shape index (κ1) is 10.5. The van der Waals surface area contributed by atoms with Crippen LogP contribution in [0.3, 0.4) is 0 Å². The fraction of sp³-hybridized carbons (Fsp3) is 0.889. The molecular formula is C9H18N2O2. The van der Waals surface area contributed by atoms with Gasteiger partial charge in [-0.15, -0.1) is 0 Å². The third-order valence-corrected chi connectivity index (χ3v) is 2.39. The summed E-state index contributed by atoms with van der Waals surface area (Å²) < 4.78 is 5.31. The molecule has 0 spiro atoms. The minimum Gasteiger partial charge on any atom is -0.380 e. The molecule has 0 bridgehead atoms. The molecule has 0 saturated carbocycles. The monoisotopic (exact) mass is 186 g/mol. The number of amides is 1. The Kier molecular flexibility index (Phi) is 4.18. The van der Waals surface area contributed by atoms with Gasteiger partial charge in [-0.25, -0.2) is 0 Å². The largest absolute Gasteiger partial charge is 0.380 e. The van der Waals surface area contributed by atoms with Crippen LogP contribution in [0.25, 0.3) is 0 Å². The van der Waals surface area contributed by atoms with Crippen LogP contribution in [0.5, 0.6) is 0 Å². The Morgan fingerprint density at radius 1 is 1.69 bits per heavy atom. The van der Waals surface area contributed by atoms with E-state index >= 15 is 0 Å². The standard InChI is InChI=1S/C9H18N2O2/c1-2-13-7-8-4-3-5-11(8)9(12)6-10/h8H,2-7,10H2,1H3. The Labute approximate surface area is 79.0 Å². The van der Waals surface area contributed by atoms with Gasteiger partial charge in [-0.3, -0.25) is 4.79 Å². The molecule has 1 atom stereocenters. The lowest BCUT2D eigenvalue weighted by Gasteiger charge is -2.23. The van der Waals surface area contributed by atoms with E-state index < -0.39 is 0 Å². The van der Waals surface area contributed by atoms with Gasteiger partial charge >= 0.3 is 0 Å². The van der Waals surface area contributed by atoms with Gasteiger partial charge in [0, 0.05) is 13.2 Å². The van der Waals surface area contributed by atoms with Crippen molar-refractivity contribution in [1.29, 1.82) is 0 Å². The summed E-state index contributed by atoms with van der Waals surface area (Å²) in [7, 11) is 0. The van der Waals surface area contributed by atoms with E-state index in [0.29, 0.717) is 13.2 Å². The zero-order valence-electron chi connectivity index (χ0n) is 8.16. The highest BCUT2D eigenvalue weighted by molar-refractivity contribution is 5.78. The van der Waals surface area contributed by atoms with E-state index in [2.05, 4.69) is 0 Å². The van der Waals surface area contributed by atoms with Crippen molar-refractivity contribution in [2.75, 3.05) is 26.3 Å². The van der Waals surface area contributed by atoms with E-state index in [9.17, 15) is 4.79 Å². The van der Waals surface area contributed by atoms with Crippen LogP contribution in [-0.4, -0.2) is 43.2 Å². The summed E-state index contributed by atoms with van der Waals surface area (Å²) in [5.41, 5.74) is 5.31. The molecule has 1 aliphatic rings. The molecule has 0 radical (unpaired) electrons. The summed E-state index contributed by atoms with van der Waals surface area (Å²) >= 11 is 0. The molecule has 0 aromatic carbocycles. The van der Waals surface area contributed by atoms with Crippen molar-refractivity contribution >= 4 is 5.91 Å². The highest BCUT2D eigenvalue weighted by atomic mass is 16.5. The third kappa shape index (κ3) is 2.67. The molecule has 4 nitrogen and oxygen atoms in total. The van der Waals surface area contributed by atoms with E-state index in [1.807, 2.05) is 11.8 Å². The zero-order valence-corrected chi connectivity index (χ0v) is 8.16. The quantitative estimate of drug-likeness (QED) is 0.671. The van der Waals surface area contributed by atoms with E-state index in [1.54, 1.807) is 0 Å². The Balaban J connectivity index is 2.39. The number of rotatable bonds is 4. The fourth-order valence-corrected chi connectivity index (χ4v) is 1.71. The molecule has 1 aliphatic heterocycles. The lowest BCUT2D eigenvalue weighted by molar-refractivity contribution is -0.131. The summed E-state index contributed by atoms with van der Waals surface area (Å²) in [5, 5.41) is 0. The molecule has 1 unspecified atom stereocenters. The molecule has 13 heavy (non-hydrogen) atoms. The van der Waals surface area contributed by atoms with Gasteiger partial charge in [-0.1, -0.05) is 0 Å². The second kappa shape index (κ2) is 5.19. The molecule has 1 heterocycles. The Morgan fingerprint density at radius 3 is 3.08 bits per heavy atom. The van der Waals surface area contributed by atoms with Crippen molar-refractivity contribution in [3.8, 4) is 0 Å². The van der Waals surface area contributed by atoms with Crippen molar-refractivity contribution in [2.45, 2.75) is 25.8 Å². The number of nitrogens with two attached hydrogens (primary N) is 1. The first-order valence-corrected chi connectivity index (χ1v) is 4.86. The van der Waals surface area contributed by atoms with Crippen LogP contribution in [0.2, 0.25) is 0 Å². The van der Waals surface area contributed by atoms with Crippen LogP contribution in [0.15, 0.2) is 0 Å². The minimum atomic E-state index is 0.0437. The molecule has 1 saturated heterocycles. The van der Waals surface area contributed by atoms with E-state index in [0.717, 1.165) is 19.4 Å². The predicted molar refractivity (Wildman–Crippen MR) is 50.3 cm³/mol. The first-order valence-electron chi connectivity index (χ1n) is 4.86. The normalized spacial score (nSPS) is 22.3. The molecule has 1 amide bonds. The van der Waals surface area contributed by atoms with Crippen LogP contribution in [0.1, 0.15) is 19.8 Å². The summed E-state index contributed by atoms with van der Waals surface area (Å²) in [4.78, 5) is 13.2. The highest BCUT2D eigenvalue weighted by Gasteiger charge is 2.27. The van der Waals surface area contributed by atoms with Crippen LogP contribution >= 0.6 is 0 Å². The zero-order chi connectivity index (χ0) is 9.68. The van der Waals surface area contributed by atoms with Crippen LogP contribution in [-0.2, 0) is 9.53 Å². The van der Waals surface area contributed by atoms with Crippen LogP contribution in [0.4, 0.5) is 0 Å². The smallest absolute Gasteiger partial charge is 0.236 e. The Hall–Kier alpha value is -0.610. The van der Waals surface area contributed by atoms with Crippen molar-refractivity contribution in [3.63, 3.8) is 0 Å². The average molecular weight is 186 g/mol. The van der Waals surface area contributed by atoms with Gasteiger partial charge in [0.25, 0.3) is 0 Å². The summed E-state index contributed by atoms with van der Waals surface area (Å²) in [6, 6.07) is 0.260. The molecule has 1 rings (SSSR count). The number of carbonyl (C=O) groups is 1. The number of nitrogens with zero attached hydrogens (tertiary/aromatic N) is 1. The number of carbonyl (C=O) groups excluding carboxylic acids is 1. The van der Waals surface area contributed by atoms with Gasteiger partial charge in [0.1, 0.15) is 0 Å². The number of likely N-dealkylation sites (tertiary alicyclic amines) is 1. The maximum Gasteiger partial charge on any atom is 0.236 e. The highest BCUT2D eigenvalue weighted by Crippen LogP contribution is 2.17. The predicted octanol–water partition coefficient (Wildman–Crippen LogP) is -0.0274. The van der Waals surface area contributed by atoms with E-state index in [4.69, 9.17) is 10.5 Å². The molecular weight excluding hydrogens is 168 g/mol. The van der Waals surface area contributed by atoms with Gasteiger partial charge in [0.2, 0.25) is 5.91 Å². The van der Waals surface area contributed by atoms with Crippen molar-refractivity contribution in [2.24, 2.45) is 5.73 Å². The molecule has 2 N–H and O–H groups in total. The van der Waals surface area contributed by atoms with Gasteiger partial charge in [0.15, 0.2) is 0 Å². The van der Waals surface area contributed by atoms with Crippen LogP contribution in [0, 0.1) is 0 Å². The maximum absolute atomic E-state index is 11.3. The molecule has 0 aromatic heterocycles. The van der Waals surface area contributed by atoms with E-state index in [-0.39, 0.29) is 18.5 Å². The second-order valence-electron chi connectivity index (χ2n) is 3.25. The number of ether oxygens (including phenoxy) is 1. The SMILES string of the molecule is CCOCC1CCCN1C(=O)CN. The Bertz CT molecular complexity index is 173. The topological polar surface area (TPSA) is 55.6 Å². The Morgan fingerprint density at radius 2 is 2.46 bits per heavy atom. The third-order valence-electron chi connectivity index (χ3n) is 2.39. The summed E-state index contributed by atoms with van der Waals surface area (Å²) in [6.07, 6.45) is 2.12. The summed E-state index contributed by atoms with van der Waals surface area (Å²) in [6.45, 7) is 4.28. The minimum absolute atomic E-state index is 0.0437. The number of hydrogen-bond donors (Lipinski definition) is 1. The molecule has 0 aromatic rings. The molecule has 1 fully saturated rings. The summed E-state index contributed by atoms with van der Waals surface area (Å²) in [5.74, 6) is 0.0437. The van der Waals surface area contributed by atoms with Crippen molar-refractivity contribution < 1.29 is 9.53 Å². The lowest BCUT2D eigenvalue weighted by Crippen LogP contribution is -2.41. The number of hydrogen-bond acceptors (Lipinski definition) is 3. The molecule has 4 heteroatoms. The molecule has 0 aliphatic carbocycles. The van der Waals surface area contributed by atoms with Crippen LogP contribution < -0.4 is 5.73 Å². The molecule has 76 valence electrons. The van der Waals surface area contributed by atoms with Gasteiger partial charge < -0.3 is 15.4 Å².